The van der Waals surface area contributed by atoms with E-state index in [0.29, 0.717) is 18.0 Å². The van der Waals surface area contributed by atoms with Gasteiger partial charge < -0.3 is 5.11 Å². The first-order valence-electron chi connectivity index (χ1n) is 8.95. The van der Waals surface area contributed by atoms with Crippen molar-refractivity contribution in [2.24, 2.45) is 0 Å². The van der Waals surface area contributed by atoms with Gasteiger partial charge in [0.2, 0.25) is 0 Å². The van der Waals surface area contributed by atoms with Crippen LogP contribution >= 0.6 is 0 Å². The van der Waals surface area contributed by atoms with E-state index < -0.39 is 6.23 Å². The lowest BCUT2D eigenvalue weighted by molar-refractivity contribution is -0.141. The number of aliphatic hydroxyl groups excluding tert-OH is 1. The van der Waals surface area contributed by atoms with Crippen molar-refractivity contribution in [1.29, 1.82) is 0 Å². The zero-order valence-electron chi connectivity index (χ0n) is 14.9. The SMILES string of the molecule is C=CC[C@@H](Cc1ccccc1)N(F)[C@@H](C)O.c1ccc2c(c1)CCC2. The van der Waals surface area contributed by atoms with Crippen LogP contribution < -0.4 is 0 Å². The van der Waals surface area contributed by atoms with E-state index in [9.17, 15) is 9.59 Å². The van der Waals surface area contributed by atoms with Gasteiger partial charge in [0, 0.05) is 0 Å². The van der Waals surface area contributed by atoms with Crippen LogP contribution in [0.4, 0.5) is 4.48 Å². The van der Waals surface area contributed by atoms with Crippen molar-refractivity contribution in [3.63, 3.8) is 0 Å². The van der Waals surface area contributed by atoms with Crippen LogP contribution in [0.15, 0.2) is 67.3 Å². The summed E-state index contributed by atoms with van der Waals surface area (Å²) in [4.78, 5) is 0. The molecule has 0 saturated carbocycles. The molecule has 1 aliphatic rings. The molecule has 0 unspecified atom stereocenters. The fourth-order valence-electron chi connectivity index (χ4n) is 3.17. The van der Waals surface area contributed by atoms with Crippen LogP contribution in [0.25, 0.3) is 0 Å². The number of aliphatic hydroxyl groups is 1. The highest BCUT2D eigenvalue weighted by molar-refractivity contribution is 5.30. The number of hydrogen-bond acceptors (Lipinski definition) is 2. The van der Waals surface area contributed by atoms with Crippen LogP contribution in [-0.2, 0) is 19.3 Å². The van der Waals surface area contributed by atoms with Crippen molar-refractivity contribution in [3.8, 4) is 0 Å². The largest absolute Gasteiger partial charge is 0.376 e. The number of benzene rings is 2. The van der Waals surface area contributed by atoms with Gasteiger partial charge in [-0.2, -0.15) is 0 Å². The zero-order chi connectivity index (χ0) is 18.1. The fraction of sp³-hybridized carbons (Fsp3) is 0.364. The average Bonchev–Trinajstić information content (AvgIpc) is 3.11. The summed E-state index contributed by atoms with van der Waals surface area (Å²) in [6.45, 7) is 5.03. The summed E-state index contributed by atoms with van der Waals surface area (Å²) in [6, 6.07) is 18.0. The Labute approximate surface area is 150 Å². The van der Waals surface area contributed by atoms with E-state index in [4.69, 9.17) is 0 Å². The summed E-state index contributed by atoms with van der Waals surface area (Å²) < 4.78 is 13.6. The summed E-state index contributed by atoms with van der Waals surface area (Å²) >= 11 is 0. The molecule has 1 aliphatic carbocycles. The van der Waals surface area contributed by atoms with Crippen LogP contribution in [0.2, 0.25) is 0 Å². The van der Waals surface area contributed by atoms with Gasteiger partial charge in [-0.25, -0.2) is 0 Å². The molecular weight excluding hydrogens is 313 g/mol. The topological polar surface area (TPSA) is 23.5 Å². The van der Waals surface area contributed by atoms with Crippen molar-refractivity contribution in [2.75, 3.05) is 0 Å². The van der Waals surface area contributed by atoms with E-state index in [-0.39, 0.29) is 6.04 Å². The average molecular weight is 341 g/mol. The van der Waals surface area contributed by atoms with E-state index in [1.807, 2.05) is 30.3 Å². The predicted molar refractivity (Wildman–Crippen MR) is 102 cm³/mol. The van der Waals surface area contributed by atoms with Gasteiger partial charge in [-0.05, 0) is 55.7 Å². The van der Waals surface area contributed by atoms with Gasteiger partial charge in [0.1, 0.15) is 6.23 Å². The highest BCUT2D eigenvalue weighted by atomic mass is 19.2. The van der Waals surface area contributed by atoms with E-state index in [0.717, 1.165) is 5.56 Å². The molecule has 2 aromatic carbocycles. The maximum Gasteiger partial charge on any atom is 0.132 e. The molecule has 2 atom stereocenters. The summed E-state index contributed by atoms with van der Waals surface area (Å²) in [6.07, 6.45) is 5.62. The molecule has 0 spiro atoms. The first kappa shape index (κ1) is 19.4. The highest BCUT2D eigenvalue weighted by Gasteiger charge is 2.21. The lowest BCUT2D eigenvalue weighted by atomic mass is 10.0. The quantitative estimate of drug-likeness (QED) is 0.460. The number of aryl methyl sites for hydroxylation is 2. The van der Waals surface area contributed by atoms with Crippen LogP contribution in [0.5, 0.6) is 0 Å². The van der Waals surface area contributed by atoms with Gasteiger partial charge in [0.05, 0.1) is 6.04 Å². The number of rotatable bonds is 6. The van der Waals surface area contributed by atoms with Crippen molar-refractivity contribution in [1.82, 2.24) is 5.12 Å². The smallest absolute Gasteiger partial charge is 0.132 e. The third kappa shape index (κ3) is 6.11. The number of fused-ring (bicyclic) bond motifs is 1. The molecule has 2 aromatic rings. The lowest BCUT2D eigenvalue weighted by Crippen LogP contribution is -2.36. The summed E-state index contributed by atoms with van der Waals surface area (Å²) in [5.74, 6) is 0. The first-order valence-corrected chi connectivity index (χ1v) is 8.95. The van der Waals surface area contributed by atoms with Crippen molar-refractivity contribution in [3.05, 3.63) is 83.9 Å². The van der Waals surface area contributed by atoms with Crippen LogP contribution in [-0.4, -0.2) is 22.5 Å². The van der Waals surface area contributed by atoms with Gasteiger partial charge in [-0.3, -0.25) is 0 Å². The van der Waals surface area contributed by atoms with E-state index >= 15 is 0 Å². The van der Waals surface area contributed by atoms with E-state index in [1.165, 1.54) is 26.2 Å². The van der Waals surface area contributed by atoms with Gasteiger partial charge in [-0.1, -0.05) is 60.7 Å². The molecule has 0 bridgehead atoms. The van der Waals surface area contributed by atoms with Gasteiger partial charge in [0.15, 0.2) is 0 Å². The molecule has 0 saturated heterocycles. The molecule has 0 aliphatic heterocycles. The van der Waals surface area contributed by atoms with Gasteiger partial charge in [0.25, 0.3) is 0 Å². The maximum absolute atomic E-state index is 13.6. The summed E-state index contributed by atoms with van der Waals surface area (Å²) in [7, 11) is 0. The molecule has 0 heterocycles. The molecule has 1 N–H and O–H groups in total. The second kappa shape index (κ2) is 10.1. The normalized spacial score (nSPS) is 15.0. The minimum atomic E-state index is -1.09. The van der Waals surface area contributed by atoms with Crippen LogP contribution in [0, 0.1) is 0 Å². The maximum atomic E-state index is 13.6. The fourth-order valence-corrected chi connectivity index (χ4v) is 3.17. The third-order valence-electron chi connectivity index (χ3n) is 4.47. The second-order valence-electron chi connectivity index (χ2n) is 6.47. The standard InChI is InChI=1S/C13H18FNO.C9H10/c1-3-7-13(15(14)11(2)16)10-12-8-5-4-6-9-12;1-2-5-9-7-3-6-8(9)4-1/h3-6,8-9,11,13,16H,1,7,10H2,2H3;1-2,4-5H,3,6-7H2/t11-,13+;/m1./s1. The molecular formula is C22H28FNO. The molecule has 3 rings (SSSR count). The molecule has 25 heavy (non-hydrogen) atoms. The monoisotopic (exact) mass is 341 g/mol. The van der Waals surface area contributed by atoms with Crippen LogP contribution in [0.1, 0.15) is 36.5 Å². The number of nitrogens with zero attached hydrogens (tertiary/aromatic N) is 1. The minimum Gasteiger partial charge on any atom is -0.376 e. The lowest BCUT2D eigenvalue weighted by Gasteiger charge is -2.24. The molecule has 0 radical (unpaired) electrons. The first-order chi connectivity index (χ1) is 12.1. The Morgan fingerprint density at radius 1 is 1.08 bits per heavy atom. The van der Waals surface area contributed by atoms with Gasteiger partial charge >= 0.3 is 0 Å². The molecule has 134 valence electrons. The predicted octanol–water partition coefficient (Wildman–Crippen LogP) is 4.87. The Bertz CT molecular complexity index is 618. The van der Waals surface area contributed by atoms with E-state index in [1.54, 1.807) is 17.2 Å². The highest BCUT2D eigenvalue weighted by Crippen LogP contribution is 2.20. The second-order valence-corrected chi connectivity index (χ2v) is 6.47. The Morgan fingerprint density at radius 3 is 2.16 bits per heavy atom. The van der Waals surface area contributed by atoms with Crippen LogP contribution in [0.3, 0.4) is 0 Å². The van der Waals surface area contributed by atoms with E-state index in [2.05, 4.69) is 30.8 Å². The number of halogens is 1. The van der Waals surface area contributed by atoms with Crippen molar-refractivity contribution in [2.45, 2.75) is 51.3 Å². The molecule has 3 heteroatoms. The zero-order valence-corrected chi connectivity index (χ0v) is 14.9. The number of hydrogen-bond donors (Lipinski definition) is 1. The summed E-state index contributed by atoms with van der Waals surface area (Å²) in [5, 5.41) is 9.69. The molecule has 0 fully saturated rings. The molecule has 2 nitrogen and oxygen atoms in total. The summed E-state index contributed by atoms with van der Waals surface area (Å²) in [5.41, 5.74) is 4.19. The Morgan fingerprint density at radius 2 is 1.64 bits per heavy atom. The minimum absolute atomic E-state index is 0.361. The third-order valence-corrected chi connectivity index (χ3v) is 4.47. The molecule has 0 aromatic heterocycles. The Hall–Kier alpha value is -1.97. The Balaban J connectivity index is 0.000000208. The Kier molecular flexibility index (Phi) is 7.83. The van der Waals surface area contributed by atoms with Crippen molar-refractivity contribution >= 4 is 0 Å². The molecule has 0 amide bonds. The van der Waals surface area contributed by atoms with Crippen molar-refractivity contribution < 1.29 is 9.59 Å². The van der Waals surface area contributed by atoms with Gasteiger partial charge in [-0.15, -0.1) is 16.2 Å².